The summed E-state index contributed by atoms with van der Waals surface area (Å²) in [4.78, 5) is 2.34. The minimum absolute atomic E-state index is 0.365. The van der Waals surface area contributed by atoms with Crippen molar-refractivity contribution in [3.05, 3.63) is 29.8 Å². The summed E-state index contributed by atoms with van der Waals surface area (Å²) in [6.07, 6.45) is 2.59. The Morgan fingerprint density at radius 1 is 1.28 bits per heavy atom. The van der Waals surface area contributed by atoms with E-state index in [0.717, 1.165) is 37.2 Å². The molecular formula is C15H26N2O. The van der Waals surface area contributed by atoms with Crippen molar-refractivity contribution >= 4 is 0 Å². The van der Waals surface area contributed by atoms with Gasteiger partial charge in [-0.3, -0.25) is 0 Å². The summed E-state index contributed by atoms with van der Waals surface area (Å²) in [5, 5.41) is 0. The first-order chi connectivity index (χ1) is 8.78. The maximum Gasteiger partial charge on any atom is 0.120 e. The predicted octanol–water partition coefficient (Wildman–Crippen LogP) is 2.64. The van der Waals surface area contributed by atoms with Crippen molar-refractivity contribution in [3.63, 3.8) is 0 Å². The molecule has 0 saturated carbocycles. The Balaban J connectivity index is 0.000000771. The number of benzene rings is 1. The summed E-state index contributed by atoms with van der Waals surface area (Å²) >= 11 is 0. The molecule has 0 radical (unpaired) electrons. The van der Waals surface area contributed by atoms with Crippen LogP contribution in [0.3, 0.4) is 0 Å². The van der Waals surface area contributed by atoms with Gasteiger partial charge >= 0.3 is 0 Å². The normalized spacial score (nSPS) is 16.9. The van der Waals surface area contributed by atoms with Gasteiger partial charge in [0.1, 0.15) is 11.9 Å². The number of rotatable bonds is 3. The Morgan fingerprint density at radius 2 is 1.94 bits per heavy atom. The van der Waals surface area contributed by atoms with E-state index in [-0.39, 0.29) is 0 Å². The minimum Gasteiger partial charge on any atom is -0.490 e. The molecular weight excluding hydrogens is 224 g/mol. The van der Waals surface area contributed by atoms with Crippen LogP contribution in [0.2, 0.25) is 0 Å². The Bertz CT molecular complexity index is 333. The summed E-state index contributed by atoms with van der Waals surface area (Å²) < 4.78 is 5.96. The third-order valence-electron chi connectivity index (χ3n) is 3.10. The summed E-state index contributed by atoms with van der Waals surface area (Å²) in [6.45, 7) is 6.83. The van der Waals surface area contributed by atoms with E-state index in [2.05, 4.69) is 11.9 Å². The van der Waals surface area contributed by atoms with Gasteiger partial charge in [0.05, 0.1) is 0 Å². The van der Waals surface area contributed by atoms with Crippen molar-refractivity contribution in [2.75, 3.05) is 20.1 Å². The zero-order chi connectivity index (χ0) is 13.4. The monoisotopic (exact) mass is 250 g/mol. The Hall–Kier alpha value is -1.06. The minimum atomic E-state index is 0.365. The number of piperidine rings is 1. The van der Waals surface area contributed by atoms with E-state index < -0.39 is 0 Å². The van der Waals surface area contributed by atoms with Crippen LogP contribution in [-0.4, -0.2) is 31.1 Å². The molecule has 0 aromatic heterocycles. The summed E-state index contributed by atoms with van der Waals surface area (Å²) in [5.74, 6) is 0.956. The number of hydrogen-bond donors (Lipinski definition) is 1. The number of nitrogens with zero attached hydrogens (tertiary/aromatic N) is 1. The molecule has 2 N–H and O–H groups in total. The molecule has 1 fully saturated rings. The lowest BCUT2D eigenvalue weighted by atomic mass is 10.1. The summed E-state index contributed by atoms with van der Waals surface area (Å²) in [5.41, 5.74) is 6.74. The van der Waals surface area contributed by atoms with Gasteiger partial charge in [0.15, 0.2) is 0 Å². The van der Waals surface area contributed by atoms with Gasteiger partial charge in [-0.1, -0.05) is 26.0 Å². The number of hydrogen-bond acceptors (Lipinski definition) is 3. The fraction of sp³-hybridized carbons (Fsp3) is 0.600. The molecule has 1 saturated heterocycles. The molecule has 0 bridgehead atoms. The molecule has 3 nitrogen and oxygen atoms in total. The molecule has 2 rings (SSSR count). The first-order valence-corrected chi connectivity index (χ1v) is 6.92. The SMILES string of the molecule is CC.CN1CCC(Oc2cccc(CN)c2)CC1. The highest BCUT2D eigenvalue weighted by molar-refractivity contribution is 5.28. The van der Waals surface area contributed by atoms with E-state index in [1.807, 2.05) is 38.1 Å². The third-order valence-corrected chi connectivity index (χ3v) is 3.10. The molecule has 102 valence electrons. The van der Waals surface area contributed by atoms with Gasteiger partial charge in [-0.25, -0.2) is 0 Å². The maximum absolute atomic E-state index is 5.96. The van der Waals surface area contributed by atoms with Gasteiger partial charge in [0.2, 0.25) is 0 Å². The van der Waals surface area contributed by atoms with Crippen LogP contribution in [0.5, 0.6) is 5.75 Å². The number of nitrogens with two attached hydrogens (primary N) is 1. The molecule has 0 amide bonds. The summed E-state index contributed by atoms with van der Waals surface area (Å²) in [6, 6.07) is 8.09. The van der Waals surface area contributed by atoms with Gasteiger partial charge < -0.3 is 15.4 Å². The topological polar surface area (TPSA) is 38.5 Å². The second kappa shape index (κ2) is 8.11. The molecule has 0 spiro atoms. The second-order valence-corrected chi connectivity index (χ2v) is 4.47. The van der Waals surface area contributed by atoms with Crippen LogP contribution < -0.4 is 10.5 Å². The lowest BCUT2D eigenvalue weighted by Gasteiger charge is -2.29. The molecule has 1 heterocycles. The van der Waals surface area contributed by atoms with Crippen molar-refractivity contribution in [1.82, 2.24) is 4.90 Å². The molecule has 1 aliphatic rings. The number of likely N-dealkylation sites (tertiary alicyclic amines) is 1. The highest BCUT2D eigenvalue weighted by Crippen LogP contribution is 2.19. The van der Waals surface area contributed by atoms with Crippen molar-refractivity contribution < 1.29 is 4.74 Å². The smallest absolute Gasteiger partial charge is 0.120 e. The zero-order valence-corrected chi connectivity index (χ0v) is 11.9. The van der Waals surface area contributed by atoms with Gasteiger partial charge in [-0.05, 0) is 37.6 Å². The average molecular weight is 250 g/mol. The largest absolute Gasteiger partial charge is 0.490 e. The Labute approximate surface area is 111 Å². The van der Waals surface area contributed by atoms with Crippen LogP contribution >= 0.6 is 0 Å². The molecule has 0 atom stereocenters. The van der Waals surface area contributed by atoms with Crippen molar-refractivity contribution in [3.8, 4) is 5.75 Å². The molecule has 1 aromatic carbocycles. The van der Waals surface area contributed by atoms with Gasteiger partial charge in [0.25, 0.3) is 0 Å². The molecule has 3 heteroatoms. The summed E-state index contributed by atoms with van der Waals surface area (Å²) in [7, 11) is 2.16. The highest BCUT2D eigenvalue weighted by atomic mass is 16.5. The number of ether oxygens (including phenoxy) is 1. The Kier molecular flexibility index (Phi) is 6.76. The van der Waals surface area contributed by atoms with Crippen LogP contribution in [0, 0.1) is 0 Å². The highest BCUT2D eigenvalue weighted by Gasteiger charge is 2.17. The predicted molar refractivity (Wildman–Crippen MR) is 76.8 cm³/mol. The van der Waals surface area contributed by atoms with E-state index in [4.69, 9.17) is 10.5 Å². The molecule has 1 aromatic rings. The lowest BCUT2D eigenvalue weighted by molar-refractivity contribution is 0.114. The van der Waals surface area contributed by atoms with Gasteiger partial charge in [-0.2, -0.15) is 0 Å². The quantitative estimate of drug-likeness (QED) is 0.896. The molecule has 1 aliphatic heterocycles. The first-order valence-electron chi connectivity index (χ1n) is 6.92. The molecule has 18 heavy (non-hydrogen) atoms. The Morgan fingerprint density at radius 3 is 2.56 bits per heavy atom. The van der Waals surface area contributed by atoms with E-state index in [9.17, 15) is 0 Å². The maximum atomic E-state index is 5.96. The van der Waals surface area contributed by atoms with Crippen LogP contribution in [-0.2, 0) is 6.54 Å². The van der Waals surface area contributed by atoms with Crippen LogP contribution in [0.4, 0.5) is 0 Å². The fourth-order valence-electron chi connectivity index (χ4n) is 2.04. The molecule has 0 unspecified atom stereocenters. The van der Waals surface area contributed by atoms with Crippen molar-refractivity contribution in [1.29, 1.82) is 0 Å². The van der Waals surface area contributed by atoms with Gasteiger partial charge in [-0.15, -0.1) is 0 Å². The van der Waals surface area contributed by atoms with Crippen molar-refractivity contribution in [2.45, 2.75) is 39.3 Å². The lowest BCUT2D eigenvalue weighted by Crippen LogP contribution is -2.35. The van der Waals surface area contributed by atoms with E-state index in [1.165, 1.54) is 0 Å². The average Bonchev–Trinajstić information content (AvgIpc) is 2.44. The van der Waals surface area contributed by atoms with E-state index in [0.29, 0.717) is 12.6 Å². The van der Waals surface area contributed by atoms with E-state index in [1.54, 1.807) is 0 Å². The standard InChI is InChI=1S/C13H20N2O.C2H6/c1-15-7-5-12(6-8-15)16-13-4-2-3-11(9-13)10-14;1-2/h2-4,9,12H,5-8,10,14H2,1H3;1-2H3. The van der Waals surface area contributed by atoms with Gasteiger partial charge in [0, 0.05) is 19.6 Å². The second-order valence-electron chi connectivity index (χ2n) is 4.47. The van der Waals surface area contributed by atoms with Crippen molar-refractivity contribution in [2.24, 2.45) is 5.73 Å². The molecule has 0 aliphatic carbocycles. The van der Waals surface area contributed by atoms with Crippen LogP contribution in [0.25, 0.3) is 0 Å². The van der Waals surface area contributed by atoms with Crippen LogP contribution in [0.1, 0.15) is 32.3 Å². The van der Waals surface area contributed by atoms with E-state index >= 15 is 0 Å². The first kappa shape index (κ1) is 15.0. The van der Waals surface area contributed by atoms with Crippen LogP contribution in [0.15, 0.2) is 24.3 Å². The fourth-order valence-corrected chi connectivity index (χ4v) is 2.04. The zero-order valence-electron chi connectivity index (χ0n) is 11.9. The third kappa shape index (κ3) is 4.67.